The first-order chi connectivity index (χ1) is 20.5. The quantitative estimate of drug-likeness (QED) is 0.210. The fraction of sp³-hybridized carbons (Fsp3) is 0.250. The Hall–Kier alpha value is -4.02. The molecule has 216 valence electrons. The molecule has 1 aliphatic rings. The van der Waals surface area contributed by atoms with Gasteiger partial charge in [-0.05, 0) is 65.2 Å². The van der Waals surface area contributed by atoms with E-state index in [-0.39, 0.29) is 12.4 Å². The highest BCUT2D eigenvalue weighted by Crippen LogP contribution is 2.32. The molecule has 0 bridgehead atoms. The fourth-order valence-electron chi connectivity index (χ4n) is 5.06. The van der Waals surface area contributed by atoms with Crippen molar-refractivity contribution in [2.75, 3.05) is 38.2 Å². The Morgan fingerprint density at radius 3 is 2.71 bits per heavy atom. The second-order valence-corrected chi connectivity index (χ2v) is 10.7. The van der Waals surface area contributed by atoms with Crippen LogP contribution in [0.5, 0.6) is 5.75 Å². The Kier molecular flexibility index (Phi) is 8.62. The summed E-state index contributed by atoms with van der Waals surface area (Å²) in [4.78, 5) is 11.2. The summed E-state index contributed by atoms with van der Waals surface area (Å²) in [5.74, 6) is 0.838. The van der Waals surface area contributed by atoms with Crippen LogP contribution in [0, 0.1) is 5.82 Å². The van der Waals surface area contributed by atoms with Gasteiger partial charge >= 0.3 is 0 Å². The van der Waals surface area contributed by atoms with Gasteiger partial charge in [-0.1, -0.05) is 29.8 Å². The maximum absolute atomic E-state index is 13.5. The fourth-order valence-corrected chi connectivity index (χ4v) is 5.30. The number of hydrogen-bond donors (Lipinski definition) is 2. The molecule has 1 saturated heterocycles. The van der Waals surface area contributed by atoms with Gasteiger partial charge in [-0.3, -0.25) is 4.90 Å². The van der Waals surface area contributed by atoms with Crippen LogP contribution in [0.2, 0.25) is 5.02 Å². The highest BCUT2D eigenvalue weighted by Gasteiger charge is 2.16. The van der Waals surface area contributed by atoms with Crippen LogP contribution in [0.3, 0.4) is 0 Å². The number of aliphatic hydroxyl groups excluding tert-OH is 1. The highest BCUT2D eigenvalue weighted by atomic mass is 35.5. The molecular formula is C32H31ClFN5O3. The normalized spacial score (nSPS) is 14.6. The third-order valence-electron chi connectivity index (χ3n) is 7.19. The van der Waals surface area contributed by atoms with Crippen LogP contribution in [0.4, 0.5) is 15.9 Å². The van der Waals surface area contributed by atoms with Crippen LogP contribution in [-0.4, -0.2) is 63.5 Å². The second kappa shape index (κ2) is 12.9. The first kappa shape index (κ1) is 28.1. The van der Waals surface area contributed by atoms with E-state index in [4.69, 9.17) is 21.1 Å². The molecule has 0 aliphatic carbocycles. The van der Waals surface area contributed by atoms with Crippen LogP contribution in [0.1, 0.15) is 5.56 Å². The third kappa shape index (κ3) is 6.88. The highest BCUT2D eigenvalue weighted by molar-refractivity contribution is 6.32. The number of morpholine rings is 1. The van der Waals surface area contributed by atoms with Gasteiger partial charge < -0.3 is 24.5 Å². The smallest absolute Gasteiger partial charge is 0.141 e. The Morgan fingerprint density at radius 2 is 1.88 bits per heavy atom. The van der Waals surface area contributed by atoms with Crippen LogP contribution in [0.25, 0.3) is 22.0 Å². The number of nitrogens with zero attached hydrogens (tertiary/aromatic N) is 4. The van der Waals surface area contributed by atoms with Crippen molar-refractivity contribution >= 4 is 34.0 Å². The molecule has 6 rings (SSSR count). The molecule has 3 heterocycles. The lowest BCUT2D eigenvalue weighted by molar-refractivity contribution is 0.0115. The van der Waals surface area contributed by atoms with E-state index in [9.17, 15) is 9.50 Å². The Bertz CT molecular complexity index is 1670. The molecule has 2 N–H and O–H groups in total. The molecule has 42 heavy (non-hydrogen) atoms. The summed E-state index contributed by atoms with van der Waals surface area (Å²) < 4.78 is 26.7. The maximum atomic E-state index is 13.5. The number of ether oxygens (including phenoxy) is 2. The molecule has 1 atom stereocenters. The van der Waals surface area contributed by atoms with E-state index in [0.717, 1.165) is 46.4 Å². The molecule has 2 aromatic heterocycles. The zero-order valence-corrected chi connectivity index (χ0v) is 23.7. The van der Waals surface area contributed by atoms with Gasteiger partial charge in [0.25, 0.3) is 0 Å². The number of nitrogens with one attached hydrogen (secondary N) is 1. The molecule has 0 amide bonds. The number of aromatic nitrogens is 3. The molecule has 0 radical (unpaired) electrons. The minimum atomic E-state index is -0.464. The summed E-state index contributed by atoms with van der Waals surface area (Å²) in [5, 5.41) is 15.3. The topological polar surface area (TPSA) is 84.7 Å². The molecule has 3 aromatic carbocycles. The Morgan fingerprint density at radius 1 is 1.00 bits per heavy atom. The zero-order chi connectivity index (χ0) is 28.9. The second-order valence-electron chi connectivity index (χ2n) is 10.3. The minimum absolute atomic E-state index is 0.206. The number of anilines is 2. The Labute approximate surface area is 248 Å². The molecule has 1 fully saturated rings. The summed E-state index contributed by atoms with van der Waals surface area (Å²) in [6.45, 7) is 4.49. The van der Waals surface area contributed by atoms with Crippen LogP contribution < -0.4 is 10.1 Å². The van der Waals surface area contributed by atoms with Gasteiger partial charge in [0.1, 0.15) is 30.3 Å². The summed E-state index contributed by atoms with van der Waals surface area (Å²) in [6.07, 6.45) is 5.09. The van der Waals surface area contributed by atoms with Crippen LogP contribution in [0.15, 0.2) is 85.5 Å². The summed E-state index contributed by atoms with van der Waals surface area (Å²) in [7, 11) is 0. The number of benzene rings is 3. The minimum Gasteiger partial charge on any atom is -0.487 e. The maximum Gasteiger partial charge on any atom is 0.141 e. The largest absolute Gasteiger partial charge is 0.487 e. The van der Waals surface area contributed by atoms with E-state index < -0.39 is 6.10 Å². The monoisotopic (exact) mass is 587 g/mol. The number of β-amino-alcohol motifs (C(OH)–C–C–N with tert-alkyl or cyclic N) is 1. The van der Waals surface area contributed by atoms with Crippen molar-refractivity contribution in [2.45, 2.75) is 19.3 Å². The molecular weight excluding hydrogens is 557 g/mol. The van der Waals surface area contributed by atoms with Crippen molar-refractivity contribution in [1.29, 1.82) is 0 Å². The number of hydrogen-bond acceptors (Lipinski definition) is 7. The molecule has 1 aliphatic heterocycles. The lowest BCUT2D eigenvalue weighted by atomic mass is 10.1. The van der Waals surface area contributed by atoms with E-state index >= 15 is 0 Å². The first-order valence-electron chi connectivity index (χ1n) is 13.8. The van der Waals surface area contributed by atoms with E-state index in [0.29, 0.717) is 42.9 Å². The van der Waals surface area contributed by atoms with E-state index in [1.54, 1.807) is 24.3 Å². The van der Waals surface area contributed by atoms with Crippen molar-refractivity contribution in [3.05, 3.63) is 102 Å². The van der Waals surface area contributed by atoms with E-state index in [2.05, 4.69) is 26.3 Å². The number of fused-ring (bicyclic) bond motifs is 1. The van der Waals surface area contributed by atoms with E-state index in [1.165, 1.54) is 18.5 Å². The predicted molar refractivity (Wildman–Crippen MR) is 162 cm³/mol. The molecule has 8 nitrogen and oxygen atoms in total. The van der Waals surface area contributed by atoms with Gasteiger partial charge in [0.15, 0.2) is 0 Å². The van der Waals surface area contributed by atoms with Gasteiger partial charge in [0.2, 0.25) is 0 Å². The number of rotatable bonds is 10. The summed E-state index contributed by atoms with van der Waals surface area (Å²) in [6, 6.07) is 19.8. The number of halogens is 2. The first-order valence-corrected chi connectivity index (χ1v) is 14.2. The molecule has 10 heteroatoms. The van der Waals surface area contributed by atoms with Crippen molar-refractivity contribution < 1.29 is 19.0 Å². The van der Waals surface area contributed by atoms with Gasteiger partial charge in [0, 0.05) is 49.6 Å². The lowest BCUT2D eigenvalue weighted by Gasteiger charge is -2.28. The summed E-state index contributed by atoms with van der Waals surface area (Å²) >= 11 is 6.51. The van der Waals surface area contributed by atoms with Gasteiger partial charge in [-0.2, -0.15) is 0 Å². The predicted octanol–water partition coefficient (Wildman–Crippen LogP) is 5.91. The van der Waals surface area contributed by atoms with Crippen molar-refractivity contribution in [3.63, 3.8) is 0 Å². The molecule has 5 aromatic rings. The third-order valence-corrected chi connectivity index (χ3v) is 7.49. The van der Waals surface area contributed by atoms with Crippen LogP contribution >= 0.6 is 11.6 Å². The SMILES string of the molecule is O[C@H](CN1CCOCC1)Cn1ccc(-c2ccc3ncnc(Nc4ccc(OCc5cccc(F)c5)c(Cl)c4)c3c2)c1. The lowest BCUT2D eigenvalue weighted by Crippen LogP contribution is -2.41. The Balaban J connectivity index is 1.15. The average molecular weight is 588 g/mol. The van der Waals surface area contributed by atoms with Crippen molar-refractivity contribution in [2.24, 2.45) is 0 Å². The zero-order valence-electron chi connectivity index (χ0n) is 22.9. The van der Waals surface area contributed by atoms with Crippen molar-refractivity contribution in [3.8, 4) is 16.9 Å². The van der Waals surface area contributed by atoms with Crippen molar-refractivity contribution in [1.82, 2.24) is 19.4 Å². The van der Waals surface area contributed by atoms with Crippen LogP contribution in [-0.2, 0) is 17.9 Å². The molecule has 0 spiro atoms. The number of aliphatic hydroxyl groups is 1. The van der Waals surface area contributed by atoms with Gasteiger partial charge in [0.05, 0.1) is 29.9 Å². The van der Waals surface area contributed by atoms with Gasteiger partial charge in [-0.25, -0.2) is 14.4 Å². The van der Waals surface area contributed by atoms with E-state index in [1.807, 2.05) is 41.2 Å². The average Bonchev–Trinajstić information content (AvgIpc) is 3.45. The molecule has 0 saturated carbocycles. The summed E-state index contributed by atoms with van der Waals surface area (Å²) in [5.41, 5.74) is 4.31. The molecule has 0 unspecified atom stereocenters. The van der Waals surface area contributed by atoms with Gasteiger partial charge in [-0.15, -0.1) is 0 Å². The standard InChI is InChI=1S/C32H31ClFN5O3/c33-29-16-26(5-7-31(29)42-20-22-2-1-3-25(34)14-22)37-32-28-15-23(4-6-30(28)35-21-36-32)24-8-9-39(17-24)19-27(40)18-38-10-12-41-13-11-38/h1-9,14-17,21,27,40H,10-13,18-20H2,(H,35,36,37)/t27-/m1/s1.